The molecule has 1 fully saturated rings. The molecule has 1 aromatic carbocycles. The van der Waals surface area contributed by atoms with Gasteiger partial charge in [0.15, 0.2) is 5.96 Å². The van der Waals surface area contributed by atoms with E-state index in [-0.39, 0.29) is 12.5 Å². The highest BCUT2D eigenvalue weighted by Gasteiger charge is 2.16. The van der Waals surface area contributed by atoms with Gasteiger partial charge in [-0.3, -0.25) is 4.79 Å². The van der Waals surface area contributed by atoms with Crippen LogP contribution in [0.2, 0.25) is 0 Å². The number of nitrogens with one attached hydrogen (secondary N) is 2. The van der Waals surface area contributed by atoms with Crippen LogP contribution in [0.1, 0.15) is 17.5 Å². The van der Waals surface area contributed by atoms with Crippen molar-refractivity contribution in [2.75, 3.05) is 40.4 Å². The van der Waals surface area contributed by atoms with Crippen LogP contribution in [0.25, 0.3) is 0 Å². The number of amides is 1. The summed E-state index contributed by atoms with van der Waals surface area (Å²) < 4.78 is 5.40. The van der Waals surface area contributed by atoms with Crippen LogP contribution < -0.4 is 10.6 Å². The molecule has 6 heteroatoms. The molecule has 1 saturated heterocycles. The number of carbonyl (C=O) groups excluding carboxylic acids is 1. The molecule has 132 valence electrons. The summed E-state index contributed by atoms with van der Waals surface area (Å²) in [7, 11) is 3.49. The summed E-state index contributed by atoms with van der Waals surface area (Å²) in [5.41, 5.74) is 2.38. The van der Waals surface area contributed by atoms with Crippen LogP contribution >= 0.6 is 0 Å². The van der Waals surface area contributed by atoms with E-state index in [1.165, 1.54) is 5.56 Å². The van der Waals surface area contributed by atoms with E-state index < -0.39 is 0 Å². The number of carbonyl (C=O) groups is 1. The third-order valence-corrected chi connectivity index (χ3v) is 4.03. The van der Waals surface area contributed by atoms with Crippen molar-refractivity contribution in [1.29, 1.82) is 0 Å². The average Bonchev–Trinajstić information content (AvgIpc) is 3.08. The predicted molar refractivity (Wildman–Crippen MR) is 95.9 cm³/mol. The first kappa shape index (κ1) is 18.3. The number of hydrogen-bond donors (Lipinski definition) is 2. The second-order valence-electron chi connectivity index (χ2n) is 6.40. The monoisotopic (exact) mass is 332 g/mol. The summed E-state index contributed by atoms with van der Waals surface area (Å²) in [6, 6.07) is 8.31. The summed E-state index contributed by atoms with van der Waals surface area (Å²) >= 11 is 0. The molecule has 1 amide bonds. The minimum atomic E-state index is 0.0176. The summed E-state index contributed by atoms with van der Waals surface area (Å²) in [6.45, 7) is 5.29. The number of guanidine groups is 1. The lowest BCUT2D eigenvalue weighted by Crippen LogP contribution is -2.44. The Morgan fingerprint density at radius 1 is 1.29 bits per heavy atom. The molecule has 0 aromatic heterocycles. The maximum Gasteiger partial charge on any atom is 0.241 e. The Bertz CT molecular complexity index is 549. The van der Waals surface area contributed by atoms with Crippen LogP contribution in [0.4, 0.5) is 0 Å². The molecule has 1 atom stereocenters. The molecule has 1 aliphatic heterocycles. The van der Waals surface area contributed by atoms with Gasteiger partial charge in [-0.05, 0) is 18.9 Å². The summed E-state index contributed by atoms with van der Waals surface area (Å²) in [5.74, 6) is 1.18. The number of aryl methyl sites for hydroxylation is 1. The quantitative estimate of drug-likeness (QED) is 0.606. The SMILES string of the molecule is Cc1ccc(CN=C(NCC(=O)N(C)C)NCC2CCOC2)cc1. The summed E-state index contributed by atoms with van der Waals surface area (Å²) in [6.07, 6.45) is 1.06. The average molecular weight is 332 g/mol. The molecule has 24 heavy (non-hydrogen) atoms. The van der Waals surface area contributed by atoms with Crippen molar-refractivity contribution < 1.29 is 9.53 Å². The number of aliphatic imine (C=N–C) groups is 1. The van der Waals surface area contributed by atoms with Crippen LogP contribution in [-0.2, 0) is 16.1 Å². The Kier molecular flexibility index (Phi) is 7.06. The molecule has 0 saturated carbocycles. The number of likely N-dealkylation sites (N-methyl/N-ethyl adjacent to an activating group) is 1. The van der Waals surface area contributed by atoms with E-state index in [2.05, 4.69) is 46.8 Å². The van der Waals surface area contributed by atoms with E-state index in [4.69, 9.17) is 4.74 Å². The fraction of sp³-hybridized carbons (Fsp3) is 0.556. The van der Waals surface area contributed by atoms with Crippen LogP contribution in [0, 0.1) is 12.8 Å². The lowest BCUT2D eigenvalue weighted by Gasteiger charge is -2.16. The number of benzene rings is 1. The van der Waals surface area contributed by atoms with E-state index in [1.54, 1.807) is 19.0 Å². The van der Waals surface area contributed by atoms with Gasteiger partial charge in [0.25, 0.3) is 0 Å². The lowest BCUT2D eigenvalue weighted by molar-refractivity contribution is -0.127. The van der Waals surface area contributed by atoms with Crippen molar-refractivity contribution in [3.63, 3.8) is 0 Å². The van der Waals surface area contributed by atoms with E-state index in [9.17, 15) is 4.79 Å². The van der Waals surface area contributed by atoms with Crippen molar-refractivity contribution in [1.82, 2.24) is 15.5 Å². The Hall–Kier alpha value is -2.08. The van der Waals surface area contributed by atoms with Gasteiger partial charge in [0, 0.05) is 33.2 Å². The van der Waals surface area contributed by atoms with Gasteiger partial charge >= 0.3 is 0 Å². The van der Waals surface area contributed by atoms with Crippen molar-refractivity contribution in [2.45, 2.75) is 19.9 Å². The number of hydrogen-bond acceptors (Lipinski definition) is 3. The molecule has 0 spiro atoms. The molecular formula is C18H28N4O2. The van der Waals surface area contributed by atoms with Gasteiger partial charge in [0.1, 0.15) is 0 Å². The molecule has 1 heterocycles. The largest absolute Gasteiger partial charge is 0.381 e. The summed E-state index contributed by atoms with van der Waals surface area (Å²) in [5, 5.41) is 6.44. The molecule has 2 N–H and O–H groups in total. The van der Waals surface area contributed by atoms with E-state index >= 15 is 0 Å². The zero-order chi connectivity index (χ0) is 17.4. The lowest BCUT2D eigenvalue weighted by atomic mass is 10.1. The second-order valence-corrected chi connectivity index (χ2v) is 6.40. The molecule has 1 aliphatic rings. The maximum atomic E-state index is 11.8. The molecule has 0 bridgehead atoms. The molecule has 1 unspecified atom stereocenters. The van der Waals surface area contributed by atoms with Gasteiger partial charge < -0.3 is 20.3 Å². The standard InChI is InChI=1S/C18H28N4O2/c1-14-4-6-15(7-5-14)10-19-18(21-12-17(23)22(2)3)20-11-16-8-9-24-13-16/h4-7,16H,8-13H2,1-3H3,(H2,19,20,21). The zero-order valence-corrected chi connectivity index (χ0v) is 14.8. The van der Waals surface area contributed by atoms with Crippen LogP contribution in [0.15, 0.2) is 29.3 Å². The minimum absolute atomic E-state index is 0.0176. The smallest absolute Gasteiger partial charge is 0.241 e. The molecule has 6 nitrogen and oxygen atoms in total. The molecular weight excluding hydrogens is 304 g/mol. The normalized spacial score (nSPS) is 17.6. The maximum absolute atomic E-state index is 11.8. The van der Waals surface area contributed by atoms with Crippen molar-refractivity contribution in [3.8, 4) is 0 Å². The summed E-state index contributed by atoms with van der Waals surface area (Å²) in [4.78, 5) is 17.9. The van der Waals surface area contributed by atoms with Gasteiger partial charge in [0.05, 0.1) is 19.7 Å². The van der Waals surface area contributed by atoms with Crippen LogP contribution in [0.5, 0.6) is 0 Å². The van der Waals surface area contributed by atoms with Crippen LogP contribution in [0.3, 0.4) is 0 Å². The highest BCUT2D eigenvalue weighted by atomic mass is 16.5. The third kappa shape index (κ3) is 6.20. The van der Waals surface area contributed by atoms with Gasteiger partial charge in [-0.2, -0.15) is 0 Å². The van der Waals surface area contributed by atoms with E-state index in [0.717, 1.165) is 31.7 Å². The molecule has 2 rings (SSSR count). The Labute approximate surface area is 144 Å². The Morgan fingerprint density at radius 2 is 2.04 bits per heavy atom. The second kappa shape index (κ2) is 9.27. The molecule has 1 aromatic rings. The van der Waals surface area contributed by atoms with Crippen molar-refractivity contribution in [3.05, 3.63) is 35.4 Å². The third-order valence-electron chi connectivity index (χ3n) is 4.03. The number of ether oxygens (including phenoxy) is 1. The Morgan fingerprint density at radius 3 is 2.67 bits per heavy atom. The minimum Gasteiger partial charge on any atom is -0.381 e. The molecule has 0 aliphatic carbocycles. The van der Waals surface area contributed by atoms with E-state index in [1.807, 2.05) is 0 Å². The highest BCUT2D eigenvalue weighted by molar-refractivity contribution is 5.86. The fourth-order valence-electron chi connectivity index (χ4n) is 2.34. The van der Waals surface area contributed by atoms with E-state index in [0.29, 0.717) is 18.4 Å². The van der Waals surface area contributed by atoms with Gasteiger partial charge in [0.2, 0.25) is 5.91 Å². The van der Waals surface area contributed by atoms with Crippen LogP contribution in [-0.4, -0.2) is 57.2 Å². The predicted octanol–water partition coefficient (Wildman–Crippen LogP) is 1.15. The zero-order valence-electron chi connectivity index (χ0n) is 14.8. The number of nitrogens with zero attached hydrogens (tertiary/aromatic N) is 2. The topological polar surface area (TPSA) is 66.0 Å². The Balaban J connectivity index is 1.92. The van der Waals surface area contributed by atoms with Gasteiger partial charge in [-0.1, -0.05) is 29.8 Å². The molecule has 0 radical (unpaired) electrons. The van der Waals surface area contributed by atoms with Crippen molar-refractivity contribution in [2.24, 2.45) is 10.9 Å². The van der Waals surface area contributed by atoms with Crippen molar-refractivity contribution >= 4 is 11.9 Å². The first-order valence-corrected chi connectivity index (χ1v) is 8.40. The highest BCUT2D eigenvalue weighted by Crippen LogP contribution is 2.10. The first-order valence-electron chi connectivity index (χ1n) is 8.40. The fourth-order valence-corrected chi connectivity index (χ4v) is 2.34. The number of rotatable bonds is 6. The first-order chi connectivity index (χ1) is 11.5. The van der Waals surface area contributed by atoms with Gasteiger partial charge in [-0.15, -0.1) is 0 Å². The van der Waals surface area contributed by atoms with Gasteiger partial charge in [-0.25, -0.2) is 4.99 Å².